The van der Waals surface area contributed by atoms with Crippen LogP contribution in [-0.4, -0.2) is 17.6 Å². The Balaban J connectivity index is 2.60. The van der Waals surface area contributed by atoms with E-state index in [0.717, 1.165) is 17.7 Å². The van der Waals surface area contributed by atoms with Crippen molar-refractivity contribution in [1.29, 1.82) is 0 Å². The summed E-state index contributed by atoms with van der Waals surface area (Å²) in [6, 6.07) is 3.48. The summed E-state index contributed by atoms with van der Waals surface area (Å²) in [5.41, 5.74) is 1.64. The summed E-state index contributed by atoms with van der Waals surface area (Å²) in [5.74, 6) is -0.218. The highest BCUT2D eigenvalue weighted by Gasteiger charge is 2.07. The Morgan fingerprint density at radius 3 is 2.87 bits per heavy atom. The molecule has 0 saturated heterocycles. The van der Waals surface area contributed by atoms with Gasteiger partial charge in [0, 0.05) is 5.69 Å². The molecule has 0 aliphatic carbocycles. The molecule has 1 aromatic heterocycles. The van der Waals surface area contributed by atoms with Crippen LogP contribution in [0.5, 0.6) is 0 Å². The third-order valence-electron chi connectivity index (χ3n) is 1.96. The number of rotatable bonds is 4. The van der Waals surface area contributed by atoms with Gasteiger partial charge in [0.05, 0.1) is 13.0 Å². The van der Waals surface area contributed by atoms with Gasteiger partial charge in [0.2, 0.25) is 0 Å². The van der Waals surface area contributed by atoms with Crippen molar-refractivity contribution < 1.29 is 9.53 Å². The number of carbonyl (C=O) groups excluding carboxylic acids is 1. The fourth-order valence-corrected chi connectivity index (χ4v) is 1.36. The Labute approximate surface area is 94.4 Å². The summed E-state index contributed by atoms with van der Waals surface area (Å²) < 4.78 is 4.98. The highest BCUT2D eigenvalue weighted by molar-refractivity contribution is 6.29. The molecule has 0 aliphatic heterocycles. The second kappa shape index (κ2) is 5.71. The smallest absolute Gasteiger partial charge is 0.310 e. The van der Waals surface area contributed by atoms with Crippen LogP contribution in [0.15, 0.2) is 12.1 Å². The second-order valence-corrected chi connectivity index (χ2v) is 3.66. The minimum absolute atomic E-state index is 0.218. The van der Waals surface area contributed by atoms with Crippen molar-refractivity contribution in [2.75, 3.05) is 6.61 Å². The van der Waals surface area contributed by atoms with Crippen molar-refractivity contribution in [2.24, 2.45) is 0 Å². The van der Waals surface area contributed by atoms with Gasteiger partial charge in [-0.25, -0.2) is 4.98 Å². The van der Waals surface area contributed by atoms with E-state index in [-0.39, 0.29) is 12.4 Å². The number of ether oxygens (including phenoxy) is 1. The van der Waals surface area contributed by atoms with Crippen molar-refractivity contribution >= 4 is 17.6 Å². The van der Waals surface area contributed by atoms with E-state index >= 15 is 0 Å². The average molecular weight is 228 g/mol. The van der Waals surface area contributed by atoms with Gasteiger partial charge in [0.1, 0.15) is 5.15 Å². The van der Waals surface area contributed by atoms with Crippen LogP contribution in [0.3, 0.4) is 0 Å². The van der Waals surface area contributed by atoms with Gasteiger partial charge in [-0.3, -0.25) is 4.79 Å². The fraction of sp³-hybridized carbons (Fsp3) is 0.455. The maximum absolute atomic E-state index is 11.3. The van der Waals surface area contributed by atoms with Crippen LogP contribution in [0.2, 0.25) is 5.15 Å². The summed E-state index contributed by atoms with van der Waals surface area (Å²) in [6.45, 7) is 4.26. The van der Waals surface area contributed by atoms with Gasteiger partial charge in [-0.05, 0) is 25.0 Å². The molecule has 0 atom stereocenters. The molecule has 15 heavy (non-hydrogen) atoms. The highest BCUT2D eigenvalue weighted by Crippen LogP contribution is 2.11. The SMILES string of the molecule is CCCOC(=O)Cc1ccc(Cl)nc1C. The number of nitrogens with zero attached hydrogens (tertiary/aromatic N) is 1. The predicted octanol–water partition coefficient (Wildman–Crippen LogP) is 2.54. The number of hydrogen-bond acceptors (Lipinski definition) is 3. The van der Waals surface area contributed by atoms with E-state index in [1.165, 1.54) is 0 Å². The molecule has 1 heterocycles. The Morgan fingerprint density at radius 2 is 2.27 bits per heavy atom. The maximum atomic E-state index is 11.3. The largest absolute Gasteiger partial charge is 0.465 e. The van der Waals surface area contributed by atoms with Gasteiger partial charge < -0.3 is 4.74 Å². The van der Waals surface area contributed by atoms with Gasteiger partial charge >= 0.3 is 5.97 Å². The summed E-state index contributed by atoms with van der Waals surface area (Å²) in [7, 11) is 0. The molecule has 4 heteroatoms. The van der Waals surface area contributed by atoms with Gasteiger partial charge in [-0.1, -0.05) is 24.6 Å². The monoisotopic (exact) mass is 227 g/mol. The third kappa shape index (κ3) is 3.88. The van der Waals surface area contributed by atoms with Crippen LogP contribution in [0.4, 0.5) is 0 Å². The normalized spacial score (nSPS) is 10.1. The van der Waals surface area contributed by atoms with E-state index in [1.54, 1.807) is 12.1 Å². The number of hydrogen-bond donors (Lipinski definition) is 0. The lowest BCUT2D eigenvalue weighted by Crippen LogP contribution is -2.10. The van der Waals surface area contributed by atoms with Crippen molar-refractivity contribution in [3.63, 3.8) is 0 Å². The van der Waals surface area contributed by atoms with E-state index in [1.807, 2.05) is 13.8 Å². The van der Waals surface area contributed by atoms with Crippen molar-refractivity contribution in [1.82, 2.24) is 4.98 Å². The lowest BCUT2D eigenvalue weighted by atomic mass is 10.1. The molecule has 1 rings (SSSR count). The molecule has 1 aromatic rings. The molecule has 0 bridgehead atoms. The zero-order valence-electron chi connectivity index (χ0n) is 8.92. The molecular formula is C11H14ClNO2. The first-order valence-corrected chi connectivity index (χ1v) is 5.29. The molecular weight excluding hydrogens is 214 g/mol. The lowest BCUT2D eigenvalue weighted by molar-refractivity contribution is -0.142. The van der Waals surface area contributed by atoms with Crippen molar-refractivity contribution in [3.8, 4) is 0 Å². The first-order valence-electron chi connectivity index (χ1n) is 4.91. The Kier molecular flexibility index (Phi) is 4.56. The minimum Gasteiger partial charge on any atom is -0.465 e. The van der Waals surface area contributed by atoms with Gasteiger partial charge in [-0.15, -0.1) is 0 Å². The van der Waals surface area contributed by atoms with Crippen molar-refractivity contribution in [3.05, 3.63) is 28.5 Å². The number of carbonyl (C=O) groups is 1. The van der Waals surface area contributed by atoms with Crippen molar-refractivity contribution in [2.45, 2.75) is 26.7 Å². The molecule has 0 fully saturated rings. The zero-order chi connectivity index (χ0) is 11.3. The van der Waals surface area contributed by atoms with Crippen LogP contribution in [0, 0.1) is 6.92 Å². The van der Waals surface area contributed by atoms with E-state index in [4.69, 9.17) is 16.3 Å². The van der Waals surface area contributed by atoms with Gasteiger partial charge in [0.25, 0.3) is 0 Å². The summed E-state index contributed by atoms with van der Waals surface area (Å²) in [4.78, 5) is 15.4. The van der Waals surface area contributed by atoms with E-state index in [9.17, 15) is 4.79 Å². The Morgan fingerprint density at radius 1 is 1.53 bits per heavy atom. The third-order valence-corrected chi connectivity index (χ3v) is 2.17. The predicted molar refractivity (Wildman–Crippen MR) is 58.9 cm³/mol. The number of pyridine rings is 1. The van der Waals surface area contributed by atoms with Gasteiger partial charge in [0.15, 0.2) is 0 Å². The number of halogens is 1. The Hall–Kier alpha value is -1.09. The quantitative estimate of drug-likeness (QED) is 0.586. The highest BCUT2D eigenvalue weighted by atomic mass is 35.5. The topological polar surface area (TPSA) is 39.2 Å². The zero-order valence-corrected chi connectivity index (χ0v) is 9.67. The molecule has 0 aromatic carbocycles. The minimum atomic E-state index is -0.218. The van der Waals surface area contributed by atoms with Crippen LogP contribution in [0.25, 0.3) is 0 Å². The average Bonchev–Trinajstić information content (AvgIpc) is 2.19. The van der Waals surface area contributed by atoms with Gasteiger partial charge in [-0.2, -0.15) is 0 Å². The first-order chi connectivity index (χ1) is 7.13. The van der Waals surface area contributed by atoms with Crippen LogP contribution < -0.4 is 0 Å². The molecule has 82 valence electrons. The molecule has 0 N–H and O–H groups in total. The maximum Gasteiger partial charge on any atom is 0.310 e. The molecule has 0 unspecified atom stereocenters. The number of esters is 1. The molecule has 0 aliphatic rings. The molecule has 3 nitrogen and oxygen atoms in total. The number of aryl methyl sites for hydroxylation is 1. The first kappa shape index (κ1) is 12.0. The Bertz CT molecular complexity index is 352. The molecule has 0 amide bonds. The van der Waals surface area contributed by atoms with Crippen LogP contribution in [0.1, 0.15) is 24.6 Å². The van der Waals surface area contributed by atoms with E-state index < -0.39 is 0 Å². The summed E-state index contributed by atoms with van der Waals surface area (Å²) >= 11 is 5.71. The number of aromatic nitrogens is 1. The summed E-state index contributed by atoms with van der Waals surface area (Å²) in [5, 5.41) is 0.443. The van der Waals surface area contributed by atoms with E-state index in [0.29, 0.717) is 11.8 Å². The second-order valence-electron chi connectivity index (χ2n) is 3.28. The molecule has 0 saturated carbocycles. The lowest BCUT2D eigenvalue weighted by Gasteiger charge is -2.05. The standard InChI is InChI=1S/C11H14ClNO2/c1-3-6-15-11(14)7-9-4-5-10(12)13-8(9)2/h4-5H,3,6-7H2,1-2H3. The fourth-order valence-electron chi connectivity index (χ4n) is 1.17. The van der Waals surface area contributed by atoms with E-state index in [2.05, 4.69) is 4.98 Å². The van der Waals surface area contributed by atoms with Crippen LogP contribution in [-0.2, 0) is 16.0 Å². The van der Waals surface area contributed by atoms with Crippen LogP contribution >= 0.6 is 11.6 Å². The molecule has 0 radical (unpaired) electrons. The summed E-state index contributed by atoms with van der Waals surface area (Å²) in [6.07, 6.45) is 1.10. The molecule has 0 spiro atoms.